The van der Waals surface area contributed by atoms with Crippen LogP contribution in [0.5, 0.6) is 5.75 Å². The first kappa shape index (κ1) is 17.1. The Balaban J connectivity index is 0.000000255. The SMILES string of the molecule is C=Cc1ccccc1.O=C(O)c1ccccc1ON=S(=O)=O. The number of hydrogen-bond acceptors (Lipinski definition) is 5. The standard InChI is InChI=1S/C8H8.C7H5NO5S/c1-2-8-6-4-3-5-7-8;9-7(10)5-3-1-2-4-6(5)13-8-14(11)12/h2-7H,1H2;1-4H,(H,9,10). The molecule has 6 nitrogen and oxygen atoms in total. The van der Waals surface area contributed by atoms with Crippen molar-refractivity contribution in [3.63, 3.8) is 0 Å². The summed E-state index contributed by atoms with van der Waals surface area (Å²) in [5.74, 6) is -1.34. The predicted octanol–water partition coefficient (Wildman–Crippen LogP) is 3.07. The second-order valence-corrected chi connectivity index (χ2v) is 4.38. The van der Waals surface area contributed by atoms with Crippen molar-refractivity contribution in [1.82, 2.24) is 0 Å². The van der Waals surface area contributed by atoms with Crippen LogP contribution in [0, 0.1) is 0 Å². The van der Waals surface area contributed by atoms with Gasteiger partial charge in [-0.2, -0.15) is 8.42 Å². The second kappa shape index (κ2) is 9.09. The van der Waals surface area contributed by atoms with Gasteiger partial charge in [0.05, 0.1) is 0 Å². The fourth-order valence-electron chi connectivity index (χ4n) is 1.38. The predicted molar refractivity (Wildman–Crippen MR) is 81.9 cm³/mol. The maximum atomic E-state index is 10.6. The van der Waals surface area contributed by atoms with E-state index in [-0.39, 0.29) is 11.3 Å². The highest BCUT2D eigenvalue weighted by molar-refractivity contribution is 7.61. The van der Waals surface area contributed by atoms with Crippen molar-refractivity contribution in [2.45, 2.75) is 0 Å². The molecule has 0 aromatic heterocycles. The third-order valence-electron chi connectivity index (χ3n) is 2.35. The molecule has 1 N–H and O–H groups in total. The van der Waals surface area contributed by atoms with Crippen molar-refractivity contribution in [1.29, 1.82) is 0 Å². The molecule has 0 spiro atoms. The summed E-state index contributed by atoms with van der Waals surface area (Å²) in [6, 6.07) is 15.6. The lowest BCUT2D eigenvalue weighted by atomic mass is 10.2. The molecule has 0 saturated carbocycles. The maximum absolute atomic E-state index is 10.6. The van der Waals surface area contributed by atoms with Crippen molar-refractivity contribution >= 4 is 22.5 Å². The Morgan fingerprint density at radius 1 is 1.09 bits per heavy atom. The topological polar surface area (TPSA) is 93.0 Å². The number of benzene rings is 2. The second-order valence-electron chi connectivity index (χ2n) is 3.80. The molecule has 22 heavy (non-hydrogen) atoms. The highest BCUT2D eigenvalue weighted by Crippen LogP contribution is 2.17. The Morgan fingerprint density at radius 2 is 1.68 bits per heavy atom. The normalized spacial score (nSPS) is 8.91. The number of para-hydroxylation sites is 1. The monoisotopic (exact) mass is 319 g/mol. The van der Waals surface area contributed by atoms with Gasteiger partial charge in [-0.15, -0.1) is 0 Å². The lowest BCUT2D eigenvalue weighted by molar-refractivity contribution is 0.0692. The van der Waals surface area contributed by atoms with Crippen LogP contribution in [0.25, 0.3) is 6.08 Å². The Labute approximate surface area is 129 Å². The summed E-state index contributed by atoms with van der Waals surface area (Å²) >= 11 is 0. The van der Waals surface area contributed by atoms with E-state index in [1.165, 1.54) is 29.8 Å². The van der Waals surface area contributed by atoms with E-state index in [9.17, 15) is 13.2 Å². The van der Waals surface area contributed by atoms with Gasteiger partial charge in [-0.1, -0.05) is 55.1 Å². The zero-order valence-electron chi connectivity index (χ0n) is 11.4. The maximum Gasteiger partial charge on any atom is 0.349 e. The first-order valence-corrected chi connectivity index (χ1v) is 7.05. The molecular weight excluding hydrogens is 306 g/mol. The van der Waals surface area contributed by atoms with Crippen LogP contribution < -0.4 is 4.84 Å². The van der Waals surface area contributed by atoms with Crippen molar-refractivity contribution in [2.75, 3.05) is 0 Å². The van der Waals surface area contributed by atoms with Crippen LogP contribution in [0.1, 0.15) is 15.9 Å². The summed E-state index contributed by atoms with van der Waals surface area (Å²) in [5, 5.41) is 8.66. The minimum absolute atomic E-state index is 0.121. The summed E-state index contributed by atoms with van der Waals surface area (Å²) in [5.41, 5.74) is 1.02. The molecule has 0 aliphatic carbocycles. The van der Waals surface area contributed by atoms with Crippen LogP contribution in [0.15, 0.2) is 65.7 Å². The van der Waals surface area contributed by atoms with Crippen molar-refractivity contribution in [3.05, 3.63) is 72.3 Å². The summed E-state index contributed by atoms with van der Waals surface area (Å²) in [4.78, 5) is 15.0. The van der Waals surface area contributed by atoms with Gasteiger partial charge >= 0.3 is 16.5 Å². The lowest BCUT2D eigenvalue weighted by Crippen LogP contribution is -1.99. The number of rotatable bonds is 4. The average molecular weight is 319 g/mol. The largest absolute Gasteiger partial charge is 0.478 e. The lowest BCUT2D eigenvalue weighted by Gasteiger charge is -1.99. The number of aromatic carboxylic acids is 1. The molecular formula is C15H13NO5S. The van der Waals surface area contributed by atoms with Gasteiger partial charge in [-0.3, -0.25) is 0 Å². The third kappa shape index (κ3) is 6.02. The minimum atomic E-state index is -2.73. The van der Waals surface area contributed by atoms with Gasteiger partial charge in [0.15, 0.2) is 5.75 Å². The molecule has 0 heterocycles. The summed E-state index contributed by atoms with van der Waals surface area (Å²) < 4.78 is 22.7. The molecule has 0 unspecified atom stereocenters. The van der Waals surface area contributed by atoms with E-state index >= 15 is 0 Å². The Morgan fingerprint density at radius 3 is 2.18 bits per heavy atom. The van der Waals surface area contributed by atoms with E-state index in [4.69, 9.17) is 5.11 Å². The Bertz CT molecular complexity index is 762. The number of carboxylic acids is 1. The number of carbonyl (C=O) groups is 1. The van der Waals surface area contributed by atoms with Crippen LogP contribution in [0.2, 0.25) is 0 Å². The molecule has 0 amide bonds. The van der Waals surface area contributed by atoms with Gasteiger partial charge in [-0.05, 0) is 17.7 Å². The molecule has 0 radical (unpaired) electrons. The van der Waals surface area contributed by atoms with E-state index in [1.807, 2.05) is 36.4 Å². The van der Waals surface area contributed by atoms with Crippen LogP contribution >= 0.6 is 0 Å². The van der Waals surface area contributed by atoms with Gasteiger partial charge < -0.3 is 9.94 Å². The first-order chi connectivity index (χ1) is 10.5. The summed E-state index contributed by atoms with van der Waals surface area (Å²) in [6.45, 7) is 3.63. The van der Waals surface area contributed by atoms with E-state index in [2.05, 4.69) is 15.9 Å². The molecule has 0 aliphatic heterocycles. The molecule has 2 aromatic rings. The highest BCUT2D eigenvalue weighted by Gasteiger charge is 2.09. The van der Waals surface area contributed by atoms with E-state index in [0.717, 1.165) is 0 Å². The van der Waals surface area contributed by atoms with Crippen LogP contribution in [-0.4, -0.2) is 19.5 Å². The van der Waals surface area contributed by atoms with Gasteiger partial charge in [0.25, 0.3) is 0 Å². The molecule has 0 bridgehead atoms. The molecule has 0 aliphatic rings. The quantitative estimate of drug-likeness (QED) is 0.874. The molecule has 0 saturated heterocycles. The smallest absolute Gasteiger partial charge is 0.349 e. The summed E-state index contributed by atoms with van der Waals surface area (Å²) in [7, 11) is -2.73. The number of carboxylic acid groups (broad SMARTS) is 1. The first-order valence-electron chi connectivity index (χ1n) is 6.02. The van der Waals surface area contributed by atoms with Crippen LogP contribution in [-0.2, 0) is 10.5 Å². The van der Waals surface area contributed by atoms with E-state index in [0.29, 0.717) is 0 Å². The Hall–Kier alpha value is -2.93. The van der Waals surface area contributed by atoms with Gasteiger partial charge in [0, 0.05) is 4.53 Å². The number of nitrogens with zero attached hydrogens (tertiary/aromatic N) is 1. The zero-order chi connectivity index (χ0) is 16.4. The van der Waals surface area contributed by atoms with Gasteiger partial charge in [-0.25, -0.2) is 4.79 Å². The fraction of sp³-hybridized carbons (Fsp3) is 0. The van der Waals surface area contributed by atoms with E-state index in [1.54, 1.807) is 0 Å². The molecule has 114 valence electrons. The number of hydrogen-bond donors (Lipinski definition) is 1. The van der Waals surface area contributed by atoms with Gasteiger partial charge in [0.1, 0.15) is 5.56 Å². The van der Waals surface area contributed by atoms with Crippen LogP contribution in [0.4, 0.5) is 0 Å². The summed E-state index contributed by atoms with van der Waals surface area (Å²) in [6.07, 6.45) is 1.83. The molecule has 7 heteroatoms. The van der Waals surface area contributed by atoms with E-state index < -0.39 is 16.5 Å². The third-order valence-corrected chi connectivity index (χ3v) is 2.55. The highest BCUT2D eigenvalue weighted by atomic mass is 32.2. The van der Waals surface area contributed by atoms with Gasteiger partial charge in [0.2, 0.25) is 0 Å². The molecule has 0 atom stereocenters. The Kier molecular flexibility index (Phi) is 7.07. The molecule has 2 aromatic carbocycles. The van der Waals surface area contributed by atoms with Crippen molar-refractivity contribution < 1.29 is 23.2 Å². The molecule has 0 fully saturated rings. The fourth-order valence-corrected chi connectivity index (χ4v) is 1.52. The average Bonchev–Trinajstić information content (AvgIpc) is 2.54. The minimum Gasteiger partial charge on any atom is -0.478 e. The van der Waals surface area contributed by atoms with Crippen molar-refractivity contribution in [2.24, 2.45) is 4.53 Å². The molecule has 2 rings (SSSR count). The zero-order valence-corrected chi connectivity index (χ0v) is 12.2. The van der Waals surface area contributed by atoms with Crippen molar-refractivity contribution in [3.8, 4) is 5.75 Å². The van der Waals surface area contributed by atoms with Crippen LogP contribution in [0.3, 0.4) is 0 Å².